The van der Waals surface area contributed by atoms with Crippen molar-refractivity contribution < 1.29 is 14.6 Å². The summed E-state index contributed by atoms with van der Waals surface area (Å²) in [5.74, 6) is 0.391. The maximum atomic E-state index is 12.2. The molecule has 2 aromatic carbocycles. The molecule has 0 aromatic heterocycles. The fourth-order valence-corrected chi connectivity index (χ4v) is 2.47. The summed E-state index contributed by atoms with van der Waals surface area (Å²) in [6, 6.07) is 11.1. The Hall–Kier alpha value is -2.81. The average molecular weight is 322 g/mol. The first kappa shape index (κ1) is 17.5. The third-order valence-electron chi connectivity index (χ3n) is 3.83. The Morgan fingerprint density at radius 3 is 2.08 bits per heavy atom. The molecule has 3 heteroatoms. The molecule has 0 radical (unpaired) electrons. The van der Waals surface area contributed by atoms with Gasteiger partial charge >= 0.3 is 5.97 Å². The van der Waals surface area contributed by atoms with Crippen molar-refractivity contribution in [2.24, 2.45) is 0 Å². The summed E-state index contributed by atoms with van der Waals surface area (Å²) in [6.45, 7) is 11.1. The maximum absolute atomic E-state index is 12.2. The number of aryl methyl sites for hydroxylation is 2. The van der Waals surface area contributed by atoms with Gasteiger partial charge in [-0.1, -0.05) is 18.7 Å². The van der Waals surface area contributed by atoms with Crippen LogP contribution in [0, 0.1) is 13.8 Å². The molecule has 0 fully saturated rings. The number of hydrogen-bond acceptors (Lipinski definition) is 3. The molecule has 24 heavy (non-hydrogen) atoms. The first-order valence-corrected chi connectivity index (χ1v) is 7.78. The van der Waals surface area contributed by atoms with E-state index in [4.69, 9.17) is 4.74 Å². The Morgan fingerprint density at radius 2 is 1.62 bits per heavy atom. The van der Waals surface area contributed by atoms with Crippen LogP contribution in [0.5, 0.6) is 5.75 Å². The molecule has 0 saturated heterocycles. The SMILES string of the molecule is C=C(C)/C(=C\C)OC(=O)c1ccc(-c2cc(C)c(O)c(C)c2)cc1. The van der Waals surface area contributed by atoms with Crippen molar-refractivity contribution in [1.82, 2.24) is 0 Å². The summed E-state index contributed by atoms with van der Waals surface area (Å²) < 4.78 is 5.34. The first-order chi connectivity index (χ1) is 11.3. The van der Waals surface area contributed by atoms with E-state index in [9.17, 15) is 9.90 Å². The highest BCUT2D eigenvalue weighted by Gasteiger charge is 2.11. The lowest BCUT2D eigenvalue weighted by atomic mass is 9.99. The van der Waals surface area contributed by atoms with Gasteiger partial charge < -0.3 is 9.84 Å². The van der Waals surface area contributed by atoms with E-state index >= 15 is 0 Å². The average Bonchev–Trinajstić information content (AvgIpc) is 2.56. The van der Waals surface area contributed by atoms with Gasteiger partial charge in [-0.2, -0.15) is 0 Å². The predicted molar refractivity (Wildman–Crippen MR) is 97.0 cm³/mol. The van der Waals surface area contributed by atoms with E-state index in [0.29, 0.717) is 22.6 Å². The highest BCUT2D eigenvalue weighted by molar-refractivity contribution is 5.91. The van der Waals surface area contributed by atoms with Gasteiger partial charge in [0.05, 0.1) is 5.56 Å². The number of carbonyl (C=O) groups excluding carboxylic acids is 1. The largest absolute Gasteiger partial charge is 0.507 e. The molecule has 2 aromatic rings. The van der Waals surface area contributed by atoms with Crippen LogP contribution in [0.3, 0.4) is 0 Å². The van der Waals surface area contributed by atoms with Crippen LogP contribution in [0.2, 0.25) is 0 Å². The number of phenols is 1. The number of ether oxygens (including phenoxy) is 1. The molecule has 1 N–H and O–H groups in total. The molecule has 0 amide bonds. The Morgan fingerprint density at radius 1 is 1.08 bits per heavy atom. The number of allylic oxidation sites excluding steroid dienone is 2. The third-order valence-corrected chi connectivity index (χ3v) is 3.83. The smallest absolute Gasteiger partial charge is 0.343 e. The van der Waals surface area contributed by atoms with E-state index in [1.54, 1.807) is 32.1 Å². The van der Waals surface area contributed by atoms with Crippen molar-refractivity contribution >= 4 is 5.97 Å². The highest BCUT2D eigenvalue weighted by atomic mass is 16.5. The summed E-state index contributed by atoms with van der Waals surface area (Å²) in [5, 5.41) is 9.87. The normalized spacial score (nSPS) is 11.2. The quantitative estimate of drug-likeness (QED) is 0.471. The van der Waals surface area contributed by atoms with Gasteiger partial charge in [-0.3, -0.25) is 0 Å². The summed E-state index contributed by atoms with van der Waals surface area (Å²) in [7, 11) is 0. The number of rotatable bonds is 4. The lowest BCUT2D eigenvalue weighted by Gasteiger charge is -2.10. The minimum Gasteiger partial charge on any atom is -0.507 e. The molecule has 0 saturated carbocycles. The number of phenolic OH excluding ortho intramolecular Hbond substituents is 1. The maximum Gasteiger partial charge on any atom is 0.343 e. The zero-order valence-corrected chi connectivity index (χ0v) is 14.5. The minimum atomic E-state index is -0.407. The minimum absolute atomic E-state index is 0.317. The van der Waals surface area contributed by atoms with E-state index in [2.05, 4.69) is 6.58 Å². The van der Waals surface area contributed by atoms with E-state index < -0.39 is 5.97 Å². The monoisotopic (exact) mass is 322 g/mol. The first-order valence-electron chi connectivity index (χ1n) is 7.78. The summed E-state index contributed by atoms with van der Waals surface area (Å²) in [5.41, 5.74) is 4.81. The van der Waals surface area contributed by atoms with Crippen LogP contribution in [0.4, 0.5) is 0 Å². The summed E-state index contributed by atoms with van der Waals surface area (Å²) >= 11 is 0. The second kappa shape index (κ2) is 7.18. The molecule has 0 aliphatic carbocycles. The van der Waals surface area contributed by atoms with Gasteiger partial charge in [0.1, 0.15) is 11.5 Å². The zero-order chi connectivity index (χ0) is 17.9. The zero-order valence-electron chi connectivity index (χ0n) is 14.5. The van der Waals surface area contributed by atoms with Gasteiger partial charge in [0.2, 0.25) is 0 Å². The van der Waals surface area contributed by atoms with Crippen molar-refractivity contribution in [1.29, 1.82) is 0 Å². The number of hydrogen-bond donors (Lipinski definition) is 1. The van der Waals surface area contributed by atoms with Gasteiger partial charge in [0.25, 0.3) is 0 Å². The summed E-state index contributed by atoms with van der Waals surface area (Å²) in [4.78, 5) is 12.2. The Kier molecular flexibility index (Phi) is 5.24. The molecule has 0 heterocycles. The van der Waals surface area contributed by atoms with Crippen molar-refractivity contribution in [2.75, 3.05) is 0 Å². The lowest BCUT2D eigenvalue weighted by Crippen LogP contribution is -2.05. The van der Waals surface area contributed by atoms with Crippen LogP contribution in [-0.4, -0.2) is 11.1 Å². The Bertz CT molecular complexity index is 788. The van der Waals surface area contributed by atoms with E-state index in [1.807, 2.05) is 38.1 Å². The molecule has 2 rings (SSSR count). The van der Waals surface area contributed by atoms with Crippen molar-refractivity contribution in [3.05, 3.63) is 77.1 Å². The molecule has 0 aliphatic rings. The second-order valence-corrected chi connectivity index (χ2v) is 5.86. The van der Waals surface area contributed by atoms with E-state index in [0.717, 1.165) is 22.3 Å². The van der Waals surface area contributed by atoms with Crippen molar-refractivity contribution in [2.45, 2.75) is 27.7 Å². The number of aromatic hydroxyl groups is 1. The molecule has 0 atom stereocenters. The molecule has 0 bridgehead atoms. The predicted octanol–water partition coefficient (Wildman–Crippen LogP) is 5.31. The van der Waals surface area contributed by atoms with Gasteiger partial charge in [-0.05, 0) is 85.9 Å². The second-order valence-electron chi connectivity index (χ2n) is 5.86. The molecule has 3 nitrogen and oxygen atoms in total. The lowest BCUT2D eigenvalue weighted by molar-refractivity contribution is 0.0632. The van der Waals surface area contributed by atoms with Gasteiger partial charge in [-0.25, -0.2) is 4.79 Å². The van der Waals surface area contributed by atoms with Crippen LogP contribution in [0.1, 0.15) is 35.3 Å². The van der Waals surface area contributed by atoms with E-state index in [-0.39, 0.29) is 0 Å². The van der Waals surface area contributed by atoms with Crippen molar-refractivity contribution in [3.63, 3.8) is 0 Å². The standard InChI is InChI=1S/C21H22O3/c1-6-19(13(2)3)24-21(23)17-9-7-16(8-10-17)18-11-14(4)20(22)15(5)12-18/h6-12,22H,2H2,1,3-5H3/b19-6+. The van der Waals surface area contributed by atoms with Gasteiger partial charge in [0, 0.05) is 0 Å². The fourth-order valence-electron chi connectivity index (χ4n) is 2.47. The molecule has 0 spiro atoms. The molecule has 0 aliphatic heterocycles. The van der Waals surface area contributed by atoms with Crippen LogP contribution in [0.25, 0.3) is 11.1 Å². The van der Waals surface area contributed by atoms with Gasteiger partial charge in [0.15, 0.2) is 0 Å². The van der Waals surface area contributed by atoms with Crippen LogP contribution in [-0.2, 0) is 4.74 Å². The highest BCUT2D eigenvalue weighted by Crippen LogP contribution is 2.29. The molecule has 124 valence electrons. The topological polar surface area (TPSA) is 46.5 Å². The van der Waals surface area contributed by atoms with E-state index in [1.165, 1.54) is 0 Å². The Labute approximate surface area is 142 Å². The van der Waals surface area contributed by atoms with Crippen LogP contribution < -0.4 is 0 Å². The van der Waals surface area contributed by atoms with Crippen LogP contribution >= 0.6 is 0 Å². The number of benzene rings is 2. The Balaban J connectivity index is 2.25. The fraction of sp³-hybridized carbons (Fsp3) is 0.190. The summed E-state index contributed by atoms with van der Waals surface area (Å²) in [6.07, 6.45) is 1.72. The van der Waals surface area contributed by atoms with Crippen molar-refractivity contribution in [3.8, 4) is 16.9 Å². The number of esters is 1. The van der Waals surface area contributed by atoms with Gasteiger partial charge in [-0.15, -0.1) is 0 Å². The molecular weight excluding hydrogens is 300 g/mol. The number of carbonyl (C=O) groups is 1. The molecular formula is C21H22O3. The third kappa shape index (κ3) is 3.74. The molecule has 0 unspecified atom stereocenters. The van der Waals surface area contributed by atoms with Crippen LogP contribution in [0.15, 0.2) is 60.4 Å².